The van der Waals surface area contributed by atoms with E-state index in [4.69, 9.17) is 0 Å². The Kier molecular flexibility index (Phi) is 3.71. The number of carbonyl (C=O) groups is 1. The number of carbonyl (C=O) groups excluding carboxylic acids is 1. The lowest BCUT2D eigenvalue weighted by Gasteiger charge is -2.16. The van der Waals surface area contributed by atoms with Crippen LogP contribution >= 0.6 is 11.8 Å². The highest BCUT2D eigenvalue weighted by Gasteiger charge is 2.14. The largest absolute Gasteiger partial charge is 0.293 e. The lowest BCUT2D eigenvalue weighted by molar-refractivity contribution is 0.102. The zero-order valence-corrected chi connectivity index (χ0v) is 11.8. The van der Waals surface area contributed by atoms with Crippen LogP contribution in [-0.4, -0.2) is 21.3 Å². The van der Waals surface area contributed by atoms with Gasteiger partial charge in [0.05, 0.1) is 11.3 Å². The molecular weight excluding hydrogens is 242 g/mol. The van der Waals surface area contributed by atoms with E-state index < -0.39 is 0 Å². The van der Waals surface area contributed by atoms with E-state index in [2.05, 4.69) is 25.8 Å². The number of Topliss-reactive ketones (excluding diaryl/α,β-unsaturated/α-hetero) is 1. The van der Waals surface area contributed by atoms with E-state index >= 15 is 0 Å². The first-order valence-electron chi connectivity index (χ1n) is 5.98. The average Bonchev–Trinajstić information content (AvgIpc) is 2.34. The molecule has 1 aromatic carbocycles. The molecule has 18 heavy (non-hydrogen) atoms. The van der Waals surface area contributed by atoms with Crippen LogP contribution in [0.1, 0.15) is 31.1 Å². The Morgan fingerprint density at radius 1 is 1.28 bits per heavy atom. The smallest absolute Gasteiger partial charge is 0.172 e. The van der Waals surface area contributed by atoms with Crippen LogP contribution in [0, 0.1) is 0 Å². The van der Waals surface area contributed by atoms with Crippen molar-refractivity contribution in [1.29, 1.82) is 0 Å². The van der Waals surface area contributed by atoms with Crippen molar-refractivity contribution in [2.24, 2.45) is 0 Å². The topological polar surface area (TPSA) is 30.0 Å². The van der Waals surface area contributed by atoms with Crippen LogP contribution in [0.15, 0.2) is 36.5 Å². The van der Waals surface area contributed by atoms with Gasteiger partial charge < -0.3 is 0 Å². The van der Waals surface area contributed by atoms with Crippen molar-refractivity contribution in [3.05, 3.63) is 42.1 Å². The van der Waals surface area contributed by atoms with Crippen LogP contribution in [-0.2, 0) is 0 Å². The summed E-state index contributed by atoms with van der Waals surface area (Å²) in [6, 6.07) is 9.57. The van der Waals surface area contributed by atoms with Crippen molar-refractivity contribution in [1.82, 2.24) is 4.98 Å². The van der Waals surface area contributed by atoms with Crippen molar-refractivity contribution in [3.8, 4) is 0 Å². The Labute approximate surface area is 112 Å². The standard InChI is InChI=1S/C15H17NOS/c1-15(2,3)18-10-14(17)12-6-7-13-11(9-12)5-4-8-16-13/h4-9H,10H2,1-3H3. The summed E-state index contributed by atoms with van der Waals surface area (Å²) >= 11 is 1.68. The highest BCUT2D eigenvalue weighted by Crippen LogP contribution is 2.24. The van der Waals surface area contributed by atoms with Gasteiger partial charge in [-0.1, -0.05) is 26.8 Å². The van der Waals surface area contributed by atoms with Crippen LogP contribution in [0.5, 0.6) is 0 Å². The number of benzene rings is 1. The maximum Gasteiger partial charge on any atom is 0.172 e. The number of nitrogens with zero attached hydrogens (tertiary/aromatic N) is 1. The van der Waals surface area contributed by atoms with Gasteiger partial charge >= 0.3 is 0 Å². The summed E-state index contributed by atoms with van der Waals surface area (Å²) in [5, 5.41) is 1.02. The quantitative estimate of drug-likeness (QED) is 0.782. The molecule has 0 atom stereocenters. The Hall–Kier alpha value is -1.35. The predicted molar refractivity (Wildman–Crippen MR) is 78.3 cm³/mol. The zero-order valence-electron chi connectivity index (χ0n) is 10.9. The fourth-order valence-electron chi connectivity index (χ4n) is 1.61. The third kappa shape index (κ3) is 3.33. The van der Waals surface area contributed by atoms with Crippen LogP contribution in [0.25, 0.3) is 10.9 Å². The van der Waals surface area contributed by atoms with E-state index in [1.165, 1.54) is 0 Å². The third-order valence-corrected chi connectivity index (χ3v) is 3.83. The Bertz CT molecular complexity index is 572. The predicted octanol–water partition coefficient (Wildman–Crippen LogP) is 3.95. The minimum Gasteiger partial charge on any atom is -0.293 e. The van der Waals surface area contributed by atoms with Gasteiger partial charge in [0.1, 0.15) is 0 Å². The summed E-state index contributed by atoms with van der Waals surface area (Å²) in [5.74, 6) is 0.704. The van der Waals surface area contributed by atoms with E-state index in [1.807, 2.05) is 30.3 Å². The summed E-state index contributed by atoms with van der Waals surface area (Å²) in [6.45, 7) is 6.36. The molecule has 0 radical (unpaired) electrons. The van der Waals surface area contributed by atoms with Gasteiger partial charge in [-0.15, -0.1) is 11.8 Å². The van der Waals surface area contributed by atoms with Gasteiger partial charge in [-0.25, -0.2) is 0 Å². The molecule has 0 fully saturated rings. The second-order valence-corrected chi connectivity index (χ2v) is 7.04. The molecule has 0 bridgehead atoms. The number of rotatable bonds is 3. The van der Waals surface area contributed by atoms with Crippen LogP contribution in [0.2, 0.25) is 0 Å². The van der Waals surface area contributed by atoms with Gasteiger partial charge in [0.2, 0.25) is 0 Å². The van der Waals surface area contributed by atoms with Gasteiger partial charge in [-0.3, -0.25) is 9.78 Å². The van der Waals surface area contributed by atoms with Crippen LogP contribution in [0.3, 0.4) is 0 Å². The lowest BCUT2D eigenvalue weighted by atomic mass is 10.1. The summed E-state index contributed by atoms with van der Waals surface area (Å²) < 4.78 is 0.119. The molecule has 94 valence electrons. The van der Waals surface area contributed by atoms with Crippen molar-refractivity contribution in [2.75, 3.05) is 5.75 Å². The van der Waals surface area contributed by atoms with Gasteiger partial charge in [-0.2, -0.15) is 0 Å². The molecule has 0 aliphatic heterocycles. The average molecular weight is 259 g/mol. The fraction of sp³-hybridized carbons (Fsp3) is 0.333. The first-order chi connectivity index (χ1) is 8.46. The number of fused-ring (bicyclic) bond motifs is 1. The van der Waals surface area contributed by atoms with E-state index in [0.717, 1.165) is 16.5 Å². The van der Waals surface area contributed by atoms with Crippen molar-refractivity contribution >= 4 is 28.4 Å². The highest BCUT2D eigenvalue weighted by molar-refractivity contribution is 8.01. The molecule has 0 aliphatic rings. The lowest BCUT2D eigenvalue weighted by Crippen LogP contribution is -2.13. The molecule has 0 N–H and O–H groups in total. The van der Waals surface area contributed by atoms with Crippen molar-refractivity contribution in [2.45, 2.75) is 25.5 Å². The van der Waals surface area contributed by atoms with Gasteiger partial charge in [-0.05, 0) is 24.3 Å². The molecule has 0 saturated carbocycles. The number of thioether (sulfide) groups is 1. The molecule has 2 nitrogen and oxygen atoms in total. The molecule has 0 unspecified atom stereocenters. The van der Waals surface area contributed by atoms with E-state index in [9.17, 15) is 4.79 Å². The van der Waals surface area contributed by atoms with E-state index in [0.29, 0.717) is 5.75 Å². The SMILES string of the molecule is CC(C)(C)SCC(=O)c1ccc2ncccc2c1. The maximum absolute atomic E-state index is 12.1. The van der Waals surface area contributed by atoms with Crippen LogP contribution in [0.4, 0.5) is 0 Å². The first kappa shape index (κ1) is 13.1. The fourth-order valence-corrected chi connectivity index (χ4v) is 2.35. The molecule has 3 heteroatoms. The Morgan fingerprint density at radius 3 is 2.78 bits per heavy atom. The summed E-state index contributed by atoms with van der Waals surface area (Å²) in [6.07, 6.45) is 1.76. The second kappa shape index (κ2) is 5.11. The number of hydrogen-bond donors (Lipinski definition) is 0. The number of hydrogen-bond acceptors (Lipinski definition) is 3. The molecule has 2 aromatic rings. The highest BCUT2D eigenvalue weighted by atomic mass is 32.2. The normalized spacial score (nSPS) is 11.7. The van der Waals surface area contributed by atoms with E-state index in [1.54, 1.807) is 18.0 Å². The molecule has 0 saturated heterocycles. The Balaban J connectivity index is 2.18. The van der Waals surface area contributed by atoms with Crippen LogP contribution < -0.4 is 0 Å². The molecule has 0 spiro atoms. The zero-order chi connectivity index (χ0) is 13.2. The monoisotopic (exact) mass is 259 g/mol. The second-order valence-electron chi connectivity index (χ2n) is 5.24. The molecule has 1 aromatic heterocycles. The summed E-state index contributed by atoms with van der Waals surface area (Å²) in [5.41, 5.74) is 1.70. The summed E-state index contributed by atoms with van der Waals surface area (Å²) in [7, 11) is 0. The van der Waals surface area contributed by atoms with Gasteiger partial charge in [0, 0.05) is 21.9 Å². The van der Waals surface area contributed by atoms with E-state index in [-0.39, 0.29) is 10.5 Å². The molecule has 1 heterocycles. The Morgan fingerprint density at radius 2 is 2.06 bits per heavy atom. The summed E-state index contributed by atoms with van der Waals surface area (Å²) in [4.78, 5) is 16.3. The van der Waals surface area contributed by atoms with Crippen molar-refractivity contribution < 1.29 is 4.79 Å². The molecular formula is C15H17NOS. The number of ketones is 1. The molecule has 0 aliphatic carbocycles. The van der Waals surface area contributed by atoms with Gasteiger partial charge in [0.15, 0.2) is 5.78 Å². The van der Waals surface area contributed by atoms with Gasteiger partial charge in [0.25, 0.3) is 0 Å². The minimum absolute atomic E-state index is 0.119. The van der Waals surface area contributed by atoms with Crippen molar-refractivity contribution in [3.63, 3.8) is 0 Å². The maximum atomic E-state index is 12.1. The first-order valence-corrected chi connectivity index (χ1v) is 6.96. The number of aromatic nitrogens is 1. The minimum atomic E-state index is 0.119. The molecule has 2 rings (SSSR count). The molecule has 0 amide bonds. The third-order valence-electron chi connectivity index (χ3n) is 2.56. The number of pyridine rings is 1.